The lowest BCUT2D eigenvalue weighted by molar-refractivity contribution is 0.122. The predicted molar refractivity (Wildman–Crippen MR) is 128 cm³/mol. The molecule has 1 saturated heterocycles. The Kier molecular flexibility index (Phi) is 5.12. The van der Waals surface area contributed by atoms with Gasteiger partial charge in [0.2, 0.25) is 0 Å². The topological polar surface area (TPSA) is 82.1 Å². The minimum absolute atomic E-state index is 0.485. The third-order valence-corrected chi connectivity index (χ3v) is 5.98. The van der Waals surface area contributed by atoms with Crippen LogP contribution in [0, 0.1) is 0 Å². The number of benzene rings is 1. The van der Waals surface area contributed by atoms with Gasteiger partial charge in [-0.05, 0) is 30.3 Å². The molecule has 0 spiro atoms. The normalized spacial score (nSPS) is 14.2. The first kappa shape index (κ1) is 20.1. The van der Waals surface area contributed by atoms with E-state index in [-0.39, 0.29) is 0 Å². The number of pyridine rings is 1. The van der Waals surface area contributed by atoms with Crippen LogP contribution in [0.4, 0.5) is 5.82 Å². The van der Waals surface area contributed by atoms with E-state index < -0.39 is 0 Å². The Hall–Kier alpha value is -3.56. The summed E-state index contributed by atoms with van der Waals surface area (Å²) in [5, 5.41) is 4.73. The van der Waals surface area contributed by atoms with Crippen molar-refractivity contribution in [3.8, 4) is 28.7 Å². The number of morpholine rings is 1. The molecule has 8 nitrogen and oxygen atoms in total. The fourth-order valence-electron chi connectivity index (χ4n) is 3.87. The lowest BCUT2D eigenvalue weighted by atomic mass is 10.2. The quantitative estimate of drug-likeness (QED) is 0.351. The molecule has 0 atom stereocenters. The number of halogens is 1. The molecule has 4 aromatic heterocycles. The van der Waals surface area contributed by atoms with Gasteiger partial charge in [-0.15, -0.1) is 0 Å². The van der Waals surface area contributed by atoms with E-state index in [4.69, 9.17) is 24.2 Å². The molecule has 0 radical (unpaired) electrons. The van der Waals surface area contributed by atoms with Crippen LogP contribution < -0.4 is 4.90 Å². The van der Waals surface area contributed by atoms with Gasteiger partial charge in [0, 0.05) is 41.6 Å². The van der Waals surface area contributed by atoms with Gasteiger partial charge >= 0.3 is 0 Å². The maximum absolute atomic E-state index is 6.21. The zero-order valence-corrected chi connectivity index (χ0v) is 19.1. The highest BCUT2D eigenvalue weighted by Crippen LogP contribution is 2.32. The number of hydrogen-bond acceptors (Lipinski definition) is 7. The van der Waals surface area contributed by atoms with Crippen molar-refractivity contribution in [2.45, 2.75) is 0 Å². The molecule has 164 valence electrons. The van der Waals surface area contributed by atoms with Crippen LogP contribution in [-0.4, -0.2) is 51.0 Å². The Balaban J connectivity index is 1.47. The molecule has 1 aromatic carbocycles. The van der Waals surface area contributed by atoms with Gasteiger partial charge in [-0.3, -0.25) is 4.98 Å². The Bertz CT molecular complexity index is 1430. The largest absolute Gasteiger partial charge is 0.449 e. The molecular weight excluding hydrogens is 484 g/mol. The first-order chi connectivity index (χ1) is 16.2. The van der Waals surface area contributed by atoms with Crippen molar-refractivity contribution in [1.29, 1.82) is 0 Å². The molecule has 0 aliphatic carbocycles. The molecule has 9 heteroatoms. The fraction of sp³-hybridized carbons (Fsp3) is 0.167. The van der Waals surface area contributed by atoms with Gasteiger partial charge in [-0.2, -0.15) is 10.1 Å². The zero-order valence-electron chi connectivity index (χ0n) is 17.6. The predicted octanol–water partition coefficient (Wildman–Crippen LogP) is 4.74. The summed E-state index contributed by atoms with van der Waals surface area (Å²) in [6.45, 7) is 2.74. The van der Waals surface area contributed by atoms with Crippen LogP contribution in [0.3, 0.4) is 0 Å². The molecule has 0 amide bonds. The maximum atomic E-state index is 6.21. The summed E-state index contributed by atoms with van der Waals surface area (Å²) in [5.41, 5.74) is 3.95. The first-order valence-corrected chi connectivity index (χ1v) is 11.4. The summed E-state index contributed by atoms with van der Waals surface area (Å²) in [7, 11) is 0. The molecule has 1 aliphatic rings. The summed E-state index contributed by atoms with van der Waals surface area (Å²) < 4.78 is 14.5. The van der Waals surface area contributed by atoms with Crippen molar-refractivity contribution in [3.63, 3.8) is 0 Å². The molecule has 5 aromatic rings. The van der Waals surface area contributed by atoms with E-state index in [9.17, 15) is 0 Å². The van der Waals surface area contributed by atoms with Gasteiger partial charge in [0.25, 0.3) is 5.95 Å². The van der Waals surface area contributed by atoms with Gasteiger partial charge in [0.05, 0.1) is 18.9 Å². The molecule has 1 aliphatic heterocycles. The summed E-state index contributed by atoms with van der Waals surface area (Å²) in [4.78, 5) is 16.2. The van der Waals surface area contributed by atoms with E-state index in [0.717, 1.165) is 40.3 Å². The van der Waals surface area contributed by atoms with Crippen LogP contribution in [0.1, 0.15) is 0 Å². The van der Waals surface area contributed by atoms with E-state index in [1.54, 1.807) is 10.9 Å². The third-order valence-electron chi connectivity index (χ3n) is 5.48. The van der Waals surface area contributed by atoms with Crippen molar-refractivity contribution in [1.82, 2.24) is 24.7 Å². The van der Waals surface area contributed by atoms with Gasteiger partial charge in [0.15, 0.2) is 17.2 Å². The first-order valence-electron chi connectivity index (χ1n) is 10.6. The highest BCUT2D eigenvalue weighted by molar-refractivity contribution is 9.10. The van der Waals surface area contributed by atoms with Crippen molar-refractivity contribution >= 4 is 32.8 Å². The highest BCUT2D eigenvalue weighted by atomic mass is 79.9. The molecule has 0 saturated carbocycles. The second kappa shape index (κ2) is 8.42. The second-order valence-electron chi connectivity index (χ2n) is 7.64. The number of nitrogens with zero attached hydrogens (tertiary/aromatic N) is 6. The highest BCUT2D eigenvalue weighted by Gasteiger charge is 2.22. The van der Waals surface area contributed by atoms with E-state index in [1.807, 2.05) is 60.8 Å². The van der Waals surface area contributed by atoms with Gasteiger partial charge in [0.1, 0.15) is 11.2 Å². The number of rotatable bonds is 4. The average Bonchev–Trinajstić information content (AvgIpc) is 3.52. The molecule has 33 heavy (non-hydrogen) atoms. The number of fused-ring (bicyclic) bond motifs is 1. The lowest BCUT2D eigenvalue weighted by Gasteiger charge is -2.27. The zero-order chi connectivity index (χ0) is 22.2. The molecule has 6 rings (SSSR count). The van der Waals surface area contributed by atoms with Gasteiger partial charge in [-0.1, -0.05) is 34.1 Å². The monoisotopic (exact) mass is 502 g/mol. The van der Waals surface area contributed by atoms with Crippen molar-refractivity contribution < 1.29 is 9.15 Å². The van der Waals surface area contributed by atoms with Crippen molar-refractivity contribution in [2.24, 2.45) is 0 Å². The number of anilines is 1. The van der Waals surface area contributed by atoms with E-state index in [1.165, 1.54) is 0 Å². The molecule has 0 N–H and O–H groups in total. The summed E-state index contributed by atoms with van der Waals surface area (Å²) in [6.07, 6.45) is 3.62. The molecule has 1 fully saturated rings. The maximum Gasteiger partial charge on any atom is 0.253 e. The van der Waals surface area contributed by atoms with E-state index in [0.29, 0.717) is 36.0 Å². The summed E-state index contributed by atoms with van der Waals surface area (Å²) in [5.74, 6) is 1.88. The Morgan fingerprint density at radius 1 is 0.909 bits per heavy atom. The van der Waals surface area contributed by atoms with Gasteiger partial charge in [-0.25, -0.2) is 9.67 Å². The summed E-state index contributed by atoms with van der Waals surface area (Å²) in [6, 6.07) is 17.6. The van der Waals surface area contributed by atoms with Crippen molar-refractivity contribution in [3.05, 3.63) is 71.5 Å². The minimum atomic E-state index is 0.485. The Morgan fingerprint density at radius 2 is 1.82 bits per heavy atom. The number of furan rings is 1. The second-order valence-corrected chi connectivity index (χ2v) is 8.56. The molecule has 5 heterocycles. The van der Waals surface area contributed by atoms with Crippen LogP contribution in [0.15, 0.2) is 75.9 Å². The standard InChI is InChI=1S/C24H19BrN6O2/c25-17-5-3-4-16(14-17)18-7-9-31(29-18)24-27-20-15-21(19-6-1-2-8-26-19)33-22(20)23(28-24)30-10-12-32-13-11-30/h1-9,14-15H,10-13H2. The number of aromatic nitrogens is 5. The molecule has 0 bridgehead atoms. The lowest BCUT2D eigenvalue weighted by Crippen LogP contribution is -2.37. The summed E-state index contributed by atoms with van der Waals surface area (Å²) >= 11 is 3.52. The van der Waals surface area contributed by atoms with Gasteiger partial charge < -0.3 is 14.1 Å². The fourth-order valence-corrected chi connectivity index (χ4v) is 4.27. The van der Waals surface area contributed by atoms with E-state index in [2.05, 4.69) is 25.8 Å². The minimum Gasteiger partial charge on any atom is -0.449 e. The SMILES string of the molecule is Brc1cccc(-c2ccn(-c3nc(N4CCOCC4)c4oc(-c5ccccn5)cc4n3)n2)c1. The van der Waals surface area contributed by atoms with Crippen LogP contribution in [-0.2, 0) is 4.74 Å². The number of ether oxygens (including phenoxy) is 1. The van der Waals surface area contributed by atoms with Crippen LogP contribution in [0.25, 0.3) is 39.8 Å². The number of hydrogen-bond donors (Lipinski definition) is 0. The van der Waals surface area contributed by atoms with Crippen LogP contribution >= 0.6 is 15.9 Å². The molecular formula is C24H19BrN6O2. The average molecular weight is 503 g/mol. The van der Waals surface area contributed by atoms with E-state index >= 15 is 0 Å². The Morgan fingerprint density at radius 3 is 2.64 bits per heavy atom. The van der Waals surface area contributed by atoms with Crippen LogP contribution in [0.2, 0.25) is 0 Å². The smallest absolute Gasteiger partial charge is 0.253 e. The Labute approximate surface area is 198 Å². The van der Waals surface area contributed by atoms with Crippen LogP contribution in [0.5, 0.6) is 0 Å². The third kappa shape index (κ3) is 3.90. The molecule has 0 unspecified atom stereocenters. The van der Waals surface area contributed by atoms with Crippen molar-refractivity contribution in [2.75, 3.05) is 31.2 Å².